The molecule has 0 aromatic heterocycles. The van der Waals surface area contributed by atoms with Gasteiger partial charge in [-0.2, -0.15) is 0 Å². The fourth-order valence-electron chi connectivity index (χ4n) is 2.41. The Bertz CT molecular complexity index is 265. The molecule has 92 valence electrons. The lowest BCUT2D eigenvalue weighted by atomic mass is 9.98. The lowest BCUT2D eigenvalue weighted by Crippen LogP contribution is -2.49. The summed E-state index contributed by atoms with van der Waals surface area (Å²) in [7, 11) is 3.26. The number of esters is 1. The van der Waals surface area contributed by atoms with Gasteiger partial charge in [-0.3, -0.25) is 4.79 Å². The van der Waals surface area contributed by atoms with Gasteiger partial charge in [0.15, 0.2) is 0 Å². The summed E-state index contributed by atoms with van der Waals surface area (Å²) in [6.45, 7) is 0.867. The first kappa shape index (κ1) is 11.9. The molecule has 1 N–H and O–H groups in total. The molecule has 0 spiro atoms. The van der Waals surface area contributed by atoms with Crippen molar-refractivity contribution in [1.82, 2.24) is 5.32 Å². The van der Waals surface area contributed by atoms with Gasteiger partial charge in [-0.25, -0.2) is 0 Å². The number of rotatable bonds is 5. The number of nitrogens with one attached hydrogen (secondary N) is 1. The molecule has 4 nitrogen and oxygen atoms in total. The van der Waals surface area contributed by atoms with E-state index in [0.29, 0.717) is 0 Å². The number of methoxy groups -OCH3 is 1. The summed E-state index contributed by atoms with van der Waals surface area (Å²) < 4.78 is 10.7. The summed E-state index contributed by atoms with van der Waals surface area (Å²) in [5, 5.41) is 3.11. The highest BCUT2D eigenvalue weighted by Gasteiger charge is 2.45. The SMILES string of the molecule is CNC1(C(=O)OC)CCC(OCC2CC2)C1. The van der Waals surface area contributed by atoms with Crippen LogP contribution in [0.3, 0.4) is 0 Å². The maximum Gasteiger partial charge on any atom is 0.326 e. The first-order chi connectivity index (χ1) is 7.70. The molecular formula is C12H21NO3. The van der Waals surface area contributed by atoms with Crippen molar-refractivity contribution in [2.75, 3.05) is 20.8 Å². The molecule has 4 heteroatoms. The summed E-state index contributed by atoms with van der Waals surface area (Å²) in [6.07, 6.45) is 5.32. The molecule has 2 unspecified atom stereocenters. The largest absolute Gasteiger partial charge is 0.468 e. The number of ether oxygens (including phenoxy) is 2. The van der Waals surface area contributed by atoms with E-state index in [2.05, 4.69) is 5.32 Å². The average Bonchev–Trinajstić information content (AvgIpc) is 3.05. The van der Waals surface area contributed by atoms with Crippen LogP contribution in [0.2, 0.25) is 0 Å². The van der Waals surface area contributed by atoms with Gasteiger partial charge in [0, 0.05) is 13.0 Å². The molecule has 0 aromatic rings. The summed E-state index contributed by atoms with van der Waals surface area (Å²) in [5.74, 6) is 0.621. The first-order valence-corrected chi connectivity index (χ1v) is 6.09. The Kier molecular flexibility index (Phi) is 3.50. The van der Waals surface area contributed by atoms with E-state index in [9.17, 15) is 4.79 Å². The minimum absolute atomic E-state index is 0.160. The number of likely N-dealkylation sites (N-methyl/N-ethyl adjacent to an activating group) is 1. The Morgan fingerprint density at radius 2 is 2.19 bits per heavy atom. The molecule has 0 saturated heterocycles. The van der Waals surface area contributed by atoms with Crippen molar-refractivity contribution in [1.29, 1.82) is 0 Å². The van der Waals surface area contributed by atoms with E-state index in [4.69, 9.17) is 9.47 Å². The molecule has 2 aliphatic carbocycles. The van der Waals surface area contributed by atoms with Crippen LogP contribution in [0.1, 0.15) is 32.1 Å². The molecule has 2 atom stereocenters. The normalized spacial score (nSPS) is 34.0. The first-order valence-electron chi connectivity index (χ1n) is 6.09. The molecule has 2 rings (SSSR count). The van der Waals surface area contributed by atoms with Crippen LogP contribution in [0, 0.1) is 5.92 Å². The minimum Gasteiger partial charge on any atom is -0.468 e. The second kappa shape index (κ2) is 4.72. The zero-order chi connectivity index (χ0) is 11.6. The fraction of sp³-hybridized carbons (Fsp3) is 0.917. The van der Waals surface area contributed by atoms with Crippen LogP contribution in [0.15, 0.2) is 0 Å². The standard InChI is InChI=1S/C12H21NO3/c1-13-12(11(14)15-2)6-5-10(7-12)16-8-9-3-4-9/h9-10,13H,3-8H2,1-2H3. The third kappa shape index (κ3) is 2.38. The monoisotopic (exact) mass is 227 g/mol. The summed E-state index contributed by atoms with van der Waals surface area (Å²) >= 11 is 0. The topological polar surface area (TPSA) is 47.6 Å². The average molecular weight is 227 g/mol. The van der Waals surface area contributed by atoms with Crippen molar-refractivity contribution in [2.45, 2.75) is 43.7 Å². The highest BCUT2D eigenvalue weighted by molar-refractivity contribution is 5.81. The Balaban J connectivity index is 1.85. The highest BCUT2D eigenvalue weighted by Crippen LogP contribution is 2.35. The Hall–Kier alpha value is -0.610. The van der Waals surface area contributed by atoms with Gasteiger partial charge < -0.3 is 14.8 Å². The lowest BCUT2D eigenvalue weighted by Gasteiger charge is -2.25. The van der Waals surface area contributed by atoms with Crippen molar-refractivity contribution >= 4 is 5.97 Å². The molecule has 0 aliphatic heterocycles. The molecular weight excluding hydrogens is 206 g/mol. The van der Waals surface area contributed by atoms with Gasteiger partial charge >= 0.3 is 5.97 Å². The molecule has 0 aromatic carbocycles. The second-order valence-electron chi connectivity index (χ2n) is 4.97. The van der Waals surface area contributed by atoms with Crippen molar-refractivity contribution in [3.05, 3.63) is 0 Å². The fourth-order valence-corrected chi connectivity index (χ4v) is 2.41. The third-order valence-corrected chi connectivity index (χ3v) is 3.79. The maximum atomic E-state index is 11.7. The zero-order valence-electron chi connectivity index (χ0n) is 10.1. The van der Waals surface area contributed by atoms with Crippen LogP contribution in [0.25, 0.3) is 0 Å². The quantitative estimate of drug-likeness (QED) is 0.714. The van der Waals surface area contributed by atoms with E-state index in [-0.39, 0.29) is 12.1 Å². The van der Waals surface area contributed by atoms with Crippen LogP contribution in [0.5, 0.6) is 0 Å². The van der Waals surface area contributed by atoms with Gasteiger partial charge in [0.2, 0.25) is 0 Å². The zero-order valence-corrected chi connectivity index (χ0v) is 10.1. The minimum atomic E-state index is -0.511. The van der Waals surface area contributed by atoms with Crippen LogP contribution < -0.4 is 5.32 Å². The molecule has 0 bridgehead atoms. The van der Waals surface area contributed by atoms with E-state index in [1.165, 1.54) is 20.0 Å². The smallest absolute Gasteiger partial charge is 0.326 e. The van der Waals surface area contributed by atoms with Gasteiger partial charge in [-0.15, -0.1) is 0 Å². The molecule has 2 saturated carbocycles. The molecule has 0 radical (unpaired) electrons. The molecule has 0 heterocycles. The van der Waals surface area contributed by atoms with Crippen molar-refractivity contribution in [3.63, 3.8) is 0 Å². The van der Waals surface area contributed by atoms with E-state index in [1.807, 2.05) is 7.05 Å². The van der Waals surface area contributed by atoms with E-state index < -0.39 is 5.54 Å². The highest BCUT2D eigenvalue weighted by atomic mass is 16.5. The van der Waals surface area contributed by atoms with E-state index >= 15 is 0 Å². The second-order valence-corrected chi connectivity index (χ2v) is 4.97. The lowest BCUT2D eigenvalue weighted by molar-refractivity contribution is -0.148. The molecule has 16 heavy (non-hydrogen) atoms. The van der Waals surface area contributed by atoms with Gasteiger partial charge in [-0.1, -0.05) is 0 Å². The van der Waals surface area contributed by atoms with Crippen LogP contribution in [-0.2, 0) is 14.3 Å². The van der Waals surface area contributed by atoms with Gasteiger partial charge in [-0.05, 0) is 38.6 Å². The van der Waals surface area contributed by atoms with E-state index in [1.54, 1.807) is 0 Å². The number of carbonyl (C=O) groups excluding carboxylic acids is 1. The predicted octanol–water partition coefficient (Wildman–Crippen LogP) is 1.10. The summed E-state index contributed by atoms with van der Waals surface area (Å²) in [5.41, 5.74) is -0.511. The van der Waals surface area contributed by atoms with Gasteiger partial charge in [0.1, 0.15) is 5.54 Å². The molecule has 2 aliphatic rings. The van der Waals surface area contributed by atoms with Crippen molar-refractivity contribution in [2.24, 2.45) is 5.92 Å². The molecule has 2 fully saturated rings. The number of hydrogen-bond donors (Lipinski definition) is 1. The van der Waals surface area contributed by atoms with E-state index in [0.717, 1.165) is 31.8 Å². The van der Waals surface area contributed by atoms with Crippen molar-refractivity contribution < 1.29 is 14.3 Å². The van der Waals surface area contributed by atoms with Crippen LogP contribution in [-0.4, -0.2) is 38.4 Å². The Labute approximate surface area is 96.7 Å². The number of carbonyl (C=O) groups is 1. The third-order valence-electron chi connectivity index (χ3n) is 3.79. The van der Waals surface area contributed by atoms with Gasteiger partial charge in [0.05, 0.1) is 13.2 Å². The Morgan fingerprint density at radius 3 is 2.75 bits per heavy atom. The summed E-state index contributed by atoms with van der Waals surface area (Å²) in [6, 6.07) is 0. The van der Waals surface area contributed by atoms with Crippen molar-refractivity contribution in [3.8, 4) is 0 Å². The summed E-state index contributed by atoms with van der Waals surface area (Å²) in [4.78, 5) is 11.7. The van der Waals surface area contributed by atoms with Gasteiger partial charge in [0.25, 0.3) is 0 Å². The molecule has 0 amide bonds. The maximum absolute atomic E-state index is 11.7. The van der Waals surface area contributed by atoms with Crippen LogP contribution in [0.4, 0.5) is 0 Å². The predicted molar refractivity (Wildman–Crippen MR) is 60.1 cm³/mol. The number of hydrogen-bond acceptors (Lipinski definition) is 4. The Morgan fingerprint density at radius 1 is 1.44 bits per heavy atom. The van der Waals surface area contributed by atoms with Crippen LogP contribution >= 0.6 is 0 Å².